The lowest BCUT2D eigenvalue weighted by molar-refractivity contribution is 0.201. The first-order chi connectivity index (χ1) is 8.40. The third kappa shape index (κ3) is 4.22. The van der Waals surface area contributed by atoms with Crippen LogP contribution < -0.4 is 5.32 Å². The summed E-state index contributed by atoms with van der Waals surface area (Å²) in [5.41, 5.74) is 0. The van der Waals surface area contributed by atoms with Gasteiger partial charge in [-0.1, -0.05) is 19.3 Å². The first-order valence-electron chi connectivity index (χ1n) is 7.42. The summed E-state index contributed by atoms with van der Waals surface area (Å²) in [6, 6.07) is 0.664. The van der Waals surface area contributed by atoms with Gasteiger partial charge in [-0.15, -0.1) is 0 Å². The van der Waals surface area contributed by atoms with Crippen molar-refractivity contribution < 1.29 is 4.39 Å². The molecule has 0 spiro atoms. The summed E-state index contributed by atoms with van der Waals surface area (Å²) in [4.78, 5) is 2.47. The lowest BCUT2D eigenvalue weighted by Gasteiger charge is -2.32. The molecular weight excluding hydrogens is 215 g/mol. The summed E-state index contributed by atoms with van der Waals surface area (Å²) >= 11 is 0. The zero-order valence-corrected chi connectivity index (χ0v) is 11.0. The maximum atomic E-state index is 12.3. The molecule has 1 atom stereocenters. The van der Waals surface area contributed by atoms with Crippen molar-refractivity contribution in [2.75, 3.05) is 32.9 Å². The highest BCUT2D eigenvalue weighted by Gasteiger charge is 2.26. The second-order valence-electron chi connectivity index (χ2n) is 5.66. The Hall–Kier alpha value is -0.150. The average molecular weight is 242 g/mol. The smallest absolute Gasteiger partial charge is 0.0906 e. The van der Waals surface area contributed by atoms with Crippen LogP contribution in [0.1, 0.15) is 44.9 Å². The molecule has 0 aromatic carbocycles. The molecule has 1 aliphatic heterocycles. The summed E-state index contributed by atoms with van der Waals surface area (Å²) < 4.78 is 12.3. The number of hydrogen-bond donors (Lipinski definition) is 1. The van der Waals surface area contributed by atoms with Gasteiger partial charge in [0.15, 0.2) is 0 Å². The number of hydrogen-bond acceptors (Lipinski definition) is 2. The summed E-state index contributed by atoms with van der Waals surface area (Å²) in [7, 11) is 0. The Kier molecular flexibility index (Phi) is 5.72. The van der Waals surface area contributed by atoms with Crippen molar-refractivity contribution in [1.82, 2.24) is 10.2 Å². The van der Waals surface area contributed by atoms with E-state index in [1.54, 1.807) is 0 Å². The van der Waals surface area contributed by atoms with E-state index in [2.05, 4.69) is 10.2 Å². The van der Waals surface area contributed by atoms with Crippen molar-refractivity contribution in [3.8, 4) is 0 Å². The second-order valence-corrected chi connectivity index (χ2v) is 5.66. The van der Waals surface area contributed by atoms with Crippen LogP contribution in [0, 0.1) is 5.92 Å². The maximum absolute atomic E-state index is 12.3. The van der Waals surface area contributed by atoms with Gasteiger partial charge in [-0.05, 0) is 44.7 Å². The van der Waals surface area contributed by atoms with Crippen LogP contribution in [0.15, 0.2) is 0 Å². The largest absolute Gasteiger partial charge is 0.312 e. The van der Waals surface area contributed by atoms with Crippen molar-refractivity contribution in [3.05, 3.63) is 0 Å². The fraction of sp³-hybridized carbons (Fsp3) is 1.00. The lowest BCUT2D eigenvalue weighted by atomic mass is 9.83. The quantitative estimate of drug-likeness (QED) is 0.815. The molecule has 2 fully saturated rings. The highest BCUT2D eigenvalue weighted by molar-refractivity contribution is 4.84. The van der Waals surface area contributed by atoms with Crippen LogP contribution in [0.2, 0.25) is 0 Å². The third-order valence-electron chi connectivity index (χ3n) is 4.34. The first kappa shape index (κ1) is 13.3. The van der Waals surface area contributed by atoms with E-state index in [0.717, 1.165) is 32.1 Å². The number of halogens is 1. The van der Waals surface area contributed by atoms with E-state index in [-0.39, 0.29) is 6.67 Å². The van der Waals surface area contributed by atoms with Gasteiger partial charge in [0.25, 0.3) is 0 Å². The van der Waals surface area contributed by atoms with Gasteiger partial charge < -0.3 is 10.2 Å². The first-order valence-corrected chi connectivity index (χ1v) is 7.42. The Bertz CT molecular complexity index is 204. The zero-order valence-electron chi connectivity index (χ0n) is 11.0. The van der Waals surface area contributed by atoms with E-state index in [1.807, 2.05) is 0 Å². The van der Waals surface area contributed by atoms with E-state index in [0.29, 0.717) is 12.5 Å². The van der Waals surface area contributed by atoms with E-state index in [1.165, 1.54) is 38.5 Å². The molecule has 3 heteroatoms. The highest BCUT2D eigenvalue weighted by Crippen LogP contribution is 2.27. The monoisotopic (exact) mass is 242 g/mol. The molecule has 100 valence electrons. The molecule has 0 amide bonds. The van der Waals surface area contributed by atoms with Gasteiger partial charge in [0.05, 0.1) is 6.67 Å². The van der Waals surface area contributed by atoms with Crippen molar-refractivity contribution in [3.63, 3.8) is 0 Å². The molecule has 1 heterocycles. The van der Waals surface area contributed by atoms with Crippen LogP contribution in [-0.4, -0.2) is 43.8 Å². The molecule has 0 aromatic rings. The van der Waals surface area contributed by atoms with Crippen LogP contribution >= 0.6 is 0 Å². The zero-order chi connectivity index (χ0) is 11.9. The molecule has 2 rings (SSSR count). The normalized spacial score (nSPS) is 29.1. The van der Waals surface area contributed by atoms with Gasteiger partial charge in [-0.2, -0.15) is 0 Å². The number of nitrogens with zero attached hydrogens (tertiary/aromatic N) is 1. The van der Waals surface area contributed by atoms with Gasteiger partial charge in [0, 0.05) is 19.1 Å². The molecule has 17 heavy (non-hydrogen) atoms. The molecule has 1 N–H and O–H groups in total. The van der Waals surface area contributed by atoms with Crippen molar-refractivity contribution in [1.29, 1.82) is 0 Å². The number of rotatable bonds is 4. The minimum Gasteiger partial charge on any atom is -0.312 e. The molecular formula is C14H27FN2. The van der Waals surface area contributed by atoms with E-state index >= 15 is 0 Å². The summed E-state index contributed by atoms with van der Waals surface area (Å²) in [5, 5.41) is 3.72. The molecule has 1 unspecified atom stereocenters. The molecule has 1 saturated heterocycles. The Morgan fingerprint density at radius 3 is 2.71 bits per heavy atom. The average Bonchev–Trinajstić information content (AvgIpc) is 2.63. The lowest BCUT2D eigenvalue weighted by Crippen LogP contribution is -2.43. The molecule has 1 aliphatic carbocycles. The van der Waals surface area contributed by atoms with Crippen LogP contribution in [0.5, 0.6) is 0 Å². The second kappa shape index (κ2) is 7.32. The summed E-state index contributed by atoms with van der Waals surface area (Å²) in [5.74, 6) is 0.870. The molecule has 0 bridgehead atoms. The van der Waals surface area contributed by atoms with Crippen LogP contribution in [-0.2, 0) is 0 Å². The molecule has 2 aliphatic rings. The third-order valence-corrected chi connectivity index (χ3v) is 4.34. The maximum Gasteiger partial charge on any atom is 0.0906 e. The van der Waals surface area contributed by atoms with Crippen LogP contribution in [0.3, 0.4) is 0 Å². The molecule has 0 aromatic heterocycles. The van der Waals surface area contributed by atoms with Gasteiger partial charge in [-0.25, -0.2) is 0 Å². The number of alkyl halides is 1. The van der Waals surface area contributed by atoms with E-state index in [4.69, 9.17) is 0 Å². The Morgan fingerprint density at radius 2 is 1.94 bits per heavy atom. The van der Waals surface area contributed by atoms with Crippen molar-refractivity contribution in [2.45, 2.75) is 51.0 Å². The molecule has 0 radical (unpaired) electrons. The Morgan fingerprint density at radius 1 is 1.12 bits per heavy atom. The highest BCUT2D eigenvalue weighted by atomic mass is 19.1. The van der Waals surface area contributed by atoms with Gasteiger partial charge in [-0.3, -0.25) is 4.39 Å². The fourth-order valence-electron chi connectivity index (χ4n) is 3.36. The minimum atomic E-state index is -0.169. The summed E-state index contributed by atoms with van der Waals surface area (Å²) in [6.07, 6.45) is 8.96. The predicted molar refractivity (Wildman–Crippen MR) is 70.0 cm³/mol. The van der Waals surface area contributed by atoms with Gasteiger partial charge >= 0.3 is 0 Å². The number of nitrogens with one attached hydrogen (secondary N) is 1. The predicted octanol–water partition coefficient (Wildman–Crippen LogP) is 2.59. The summed E-state index contributed by atoms with van der Waals surface area (Å²) in [6.45, 7) is 4.22. The van der Waals surface area contributed by atoms with Crippen molar-refractivity contribution in [2.24, 2.45) is 5.92 Å². The molecule has 2 nitrogen and oxygen atoms in total. The molecule has 1 saturated carbocycles. The SMILES string of the molecule is FCCCN1CCCNC(C2CCCCC2)C1. The van der Waals surface area contributed by atoms with Crippen LogP contribution in [0.4, 0.5) is 4.39 Å². The standard InChI is InChI=1S/C14H27FN2/c15-8-4-10-17-11-5-9-16-14(12-17)13-6-2-1-3-7-13/h13-14,16H,1-12H2. The topological polar surface area (TPSA) is 15.3 Å². The Labute approximate surface area is 105 Å². The van der Waals surface area contributed by atoms with Crippen LogP contribution in [0.25, 0.3) is 0 Å². The van der Waals surface area contributed by atoms with E-state index in [9.17, 15) is 4.39 Å². The van der Waals surface area contributed by atoms with Gasteiger partial charge in [0.2, 0.25) is 0 Å². The minimum absolute atomic E-state index is 0.169. The van der Waals surface area contributed by atoms with E-state index < -0.39 is 0 Å². The van der Waals surface area contributed by atoms with Crippen molar-refractivity contribution >= 4 is 0 Å². The fourth-order valence-corrected chi connectivity index (χ4v) is 3.36. The Balaban J connectivity index is 1.82. The van der Waals surface area contributed by atoms with Gasteiger partial charge in [0.1, 0.15) is 0 Å².